The van der Waals surface area contributed by atoms with Gasteiger partial charge in [-0.05, 0) is 43.0 Å². The summed E-state index contributed by atoms with van der Waals surface area (Å²) < 4.78 is 7.45. The molecule has 2 atom stereocenters. The highest BCUT2D eigenvalue weighted by atomic mass is 16.5. The molecule has 1 aliphatic rings. The Morgan fingerprint density at radius 3 is 2.84 bits per heavy atom. The molecule has 6 heteroatoms. The van der Waals surface area contributed by atoms with Crippen LogP contribution in [0.5, 0.6) is 0 Å². The summed E-state index contributed by atoms with van der Waals surface area (Å²) in [5.74, 6) is -0.544. The topological polar surface area (TPSA) is 80.6 Å². The second-order valence-corrected chi connectivity index (χ2v) is 6.77. The summed E-state index contributed by atoms with van der Waals surface area (Å²) in [5, 5.41) is 12.7. The monoisotopic (exact) mass is 344 g/mol. The fourth-order valence-corrected chi connectivity index (χ4v) is 3.47. The lowest BCUT2D eigenvalue weighted by atomic mass is 9.88. The Morgan fingerprint density at radius 1 is 1.28 bits per heavy atom. The van der Waals surface area contributed by atoms with E-state index >= 15 is 0 Å². The Labute approximate surface area is 146 Å². The molecule has 1 aliphatic carbocycles. The number of carboxylic acids is 1. The number of nitrogens with zero attached hydrogens (tertiary/aromatic N) is 1. The van der Waals surface area contributed by atoms with Crippen molar-refractivity contribution in [3.63, 3.8) is 0 Å². The third kappa shape index (κ3) is 4.39. The Bertz CT molecular complexity index is 768. The van der Waals surface area contributed by atoms with E-state index in [1.165, 1.54) is 12.8 Å². The smallest absolute Gasteiger partial charge is 0.323 e. The average molecular weight is 344 g/mol. The lowest BCUT2D eigenvalue weighted by molar-refractivity contribution is -0.137. The molecular formula is C19H24N2O4. The molecule has 25 heavy (non-hydrogen) atoms. The maximum absolute atomic E-state index is 12.1. The fraction of sp³-hybridized carbons (Fsp3) is 0.474. The minimum Gasteiger partial charge on any atom is -0.480 e. The number of rotatable bonds is 6. The zero-order valence-corrected chi connectivity index (χ0v) is 14.4. The van der Waals surface area contributed by atoms with Crippen molar-refractivity contribution < 1.29 is 19.4 Å². The van der Waals surface area contributed by atoms with Crippen LogP contribution in [-0.2, 0) is 20.9 Å². The standard InChI is InChI=1S/C19H24N2O4/c1-13-4-2-3-5-17(13)25-12-18(22)20-15-6-7-16-14(10-15)8-9-21(16)11-19(23)24/h6-10,13,17H,2-5,11-12H2,1H3,(H,20,22)(H,23,24). The van der Waals surface area contributed by atoms with Crippen LogP contribution in [0.25, 0.3) is 10.9 Å². The Balaban J connectivity index is 1.58. The van der Waals surface area contributed by atoms with Gasteiger partial charge in [-0.15, -0.1) is 0 Å². The van der Waals surface area contributed by atoms with Gasteiger partial charge in [0, 0.05) is 22.8 Å². The van der Waals surface area contributed by atoms with E-state index in [1.807, 2.05) is 18.2 Å². The van der Waals surface area contributed by atoms with E-state index in [-0.39, 0.29) is 25.2 Å². The summed E-state index contributed by atoms with van der Waals surface area (Å²) in [6.45, 7) is 2.16. The van der Waals surface area contributed by atoms with Gasteiger partial charge >= 0.3 is 5.97 Å². The summed E-state index contributed by atoms with van der Waals surface area (Å²) in [6, 6.07) is 7.28. The zero-order chi connectivity index (χ0) is 17.8. The van der Waals surface area contributed by atoms with Crippen LogP contribution in [0.2, 0.25) is 0 Å². The Morgan fingerprint density at radius 2 is 2.08 bits per heavy atom. The molecule has 3 rings (SSSR count). The van der Waals surface area contributed by atoms with Crippen LogP contribution in [0.1, 0.15) is 32.6 Å². The highest BCUT2D eigenvalue weighted by molar-refractivity contribution is 5.94. The normalized spacial score (nSPS) is 20.5. The maximum atomic E-state index is 12.1. The molecule has 1 fully saturated rings. The van der Waals surface area contributed by atoms with Gasteiger partial charge in [-0.3, -0.25) is 9.59 Å². The van der Waals surface area contributed by atoms with Crippen molar-refractivity contribution in [1.82, 2.24) is 4.57 Å². The number of aliphatic carboxylic acids is 1. The number of aromatic nitrogens is 1. The van der Waals surface area contributed by atoms with Crippen LogP contribution in [0.4, 0.5) is 5.69 Å². The van der Waals surface area contributed by atoms with E-state index < -0.39 is 5.97 Å². The number of fused-ring (bicyclic) bond motifs is 1. The van der Waals surface area contributed by atoms with Gasteiger partial charge < -0.3 is 19.7 Å². The number of amides is 1. The number of hydrogen-bond donors (Lipinski definition) is 2. The number of carboxylic acid groups (broad SMARTS) is 1. The highest BCUT2D eigenvalue weighted by Gasteiger charge is 2.22. The molecule has 134 valence electrons. The molecule has 0 saturated heterocycles. The molecule has 0 spiro atoms. The highest BCUT2D eigenvalue weighted by Crippen LogP contribution is 2.26. The van der Waals surface area contributed by atoms with Crippen LogP contribution >= 0.6 is 0 Å². The van der Waals surface area contributed by atoms with Gasteiger partial charge in [-0.2, -0.15) is 0 Å². The predicted octanol–water partition coefficient (Wildman–Crippen LogP) is 3.26. The molecule has 1 amide bonds. The molecule has 2 unspecified atom stereocenters. The molecule has 1 aromatic heterocycles. The van der Waals surface area contributed by atoms with Crippen LogP contribution in [0.3, 0.4) is 0 Å². The fourth-order valence-electron chi connectivity index (χ4n) is 3.47. The number of nitrogens with one attached hydrogen (secondary N) is 1. The number of carbonyl (C=O) groups excluding carboxylic acids is 1. The third-order valence-electron chi connectivity index (χ3n) is 4.82. The molecular weight excluding hydrogens is 320 g/mol. The minimum absolute atomic E-state index is 0.0626. The van der Waals surface area contributed by atoms with E-state index in [4.69, 9.17) is 9.84 Å². The molecule has 6 nitrogen and oxygen atoms in total. The average Bonchev–Trinajstić information content (AvgIpc) is 2.96. The van der Waals surface area contributed by atoms with Gasteiger partial charge in [0.15, 0.2) is 0 Å². The van der Waals surface area contributed by atoms with E-state index in [1.54, 1.807) is 16.8 Å². The van der Waals surface area contributed by atoms with Gasteiger partial charge in [0.2, 0.25) is 5.91 Å². The molecule has 2 aromatic rings. The predicted molar refractivity (Wildman–Crippen MR) is 95.6 cm³/mol. The first-order valence-electron chi connectivity index (χ1n) is 8.75. The van der Waals surface area contributed by atoms with Gasteiger partial charge in [0.05, 0.1) is 6.10 Å². The summed E-state index contributed by atoms with van der Waals surface area (Å²) in [5.41, 5.74) is 1.51. The van der Waals surface area contributed by atoms with Crippen LogP contribution < -0.4 is 5.32 Å². The largest absolute Gasteiger partial charge is 0.480 e. The van der Waals surface area contributed by atoms with E-state index in [0.717, 1.165) is 23.7 Å². The first-order valence-corrected chi connectivity index (χ1v) is 8.75. The Kier molecular flexibility index (Phi) is 5.38. The Hall–Kier alpha value is -2.34. The van der Waals surface area contributed by atoms with E-state index in [2.05, 4.69) is 12.2 Å². The molecule has 1 heterocycles. The number of anilines is 1. The molecule has 0 aliphatic heterocycles. The van der Waals surface area contributed by atoms with Gasteiger partial charge in [-0.1, -0.05) is 19.8 Å². The van der Waals surface area contributed by atoms with Gasteiger partial charge in [0.25, 0.3) is 0 Å². The molecule has 2 N–H and O–H groups in total. The van der Waals surface area contributed by atoms with Crippen LogP contribution in [0.15, 0.2) is 30.5 Å². The SMILES string of the molecule is CC1CCCCC1OCC(=O)Nc1ccc2c(ccn2CC(=O)O)c1. The summed E-state index contributed by atoms with van der Waals surface area (Å²) in [6.07, 6.45) is 6.51. The first kappa shape index (κ1) is 17.5. The maximum Gasteiger partial charge on any atom is 0.323 e. The molecule has 1 saturated carbocycles. The summed E-state index contributed by atoms with van der Waals surface area (Å²) in [4.78, 5) is 23.0. The second-order valence-electron chi connectivity index (χ2n) is 6.77. The number of carbonyl (C=O) groups is 2. The van der Waals surface area contributed by atoms with Crippen molar-refractivity contribution >= 4 is 28.5 Å². The van der Waals surface area contributed by atoms with Crippen molar-refractivity contribution in [3.05, 3.63) is 30.5 Å². The number of ether oxygens (including phenoxy) is 1. The molecule has 1 aromatic carbocycles. The van der Waals surface area contributed by atoms with Gasteiger partial charge in [-0.25, -0.2) is 0 Å². The number of benzene rings is 1. The van der Waals surface area contributed by atoms with Gasteiger partial charge in [0.1, 0.15) is 13.2 Å². The number of hydrogen-bond acceptors (Lipinski definition) is 3. The summed E-state index contributed by atoms with van der Waals surface area (Å²) >= 11 is 0. The lowest BCUT2D eigenvalue weighted by Crippen LogP contribution is -2.29. The second kappa shape index (κ2) is 7.70. The van der Waals surface area contributed by atoms with E-state index in [9.17, 15) is 9.59 Å². The molecule has 0 bridgehead atoms. The van der Waals surface area contributed by atoms with Crippen molar-refractivity contribution in [1.29, 1.82) is 0 Å². The van der Waals surface area contributed by atoms with Crippen molar-refractivity contribution in [2.24, 2.45) is 5.92 Å². The zero-order valence-electron chi connectivity index (χ0n) is 14.4. The van der Waals surface area contributed by atoms with Crippen LogP contribution in [-0.4, -0.2) is 34.3 Å². The van der Waals surface area contributed by atoms with Crippen molar-refractivity contribution in [2.75, 3.05) is 11.9 Å². The van der Waals surface area contributed by atoms with Crippen molar-refractivity contribution in [2.45, 2.75) is 45.3 Å². The van der Waals surface area contributed by atoms with E-state index in [0.29, 0.717) is 11.6 Å². The third-order valence-corrected chi connectivity index (χ3v) is 4.82. The van der Waals surface area contributed by atoms with Crippen LogP contribution in [0, 0.1) is 5.92 Å². The van der Waals surface area contributed by atoms with Crippen molar-refractivity contribution in [3.8, 4) is 0 Å². The summed E-state index contributed by atoms with van der Waals surface area (Å²) in [7, 11) is 0. The molecule has 0 radical (unpaired) electrons. The first-order chi connectivity index (χ1) is 12.0. The quantitative estimate of drug-likeness (QED) is 0.843. The lowest BCUT2D eigenvalue weighted by Gasteiger charge is -2.28. The minimum atomic E-state index is -0.885.